The molecule has 0 saturated carbocycles. The van der Waals surface area contributed by atoms with E-state index in [1.807, 2.05) is 42.5 Å². The number of amides is 1. The van der Waals surface area contributed by atoms with Crippen LogP contribution in [0.3, 0.4) is 0 Å². The third kappa shape index (κ3) is 5.40. The molecule has 1 N–H and O–H groups in total. The zero-order valence-corrected chi connectivity index (χ0v) is 16.2. The van der Waals surface area contributed by atoms with Gasteiger partial charge in [0, 0.05) is 31.0 Å². The summed E-state index contributed by atoms with van der Waals surface area (Å²) in [6, 6.07) is 13.7. The number of benzene rings is 1. The number of aromatic nitrogens is 4. The van der Waals surface area contributed by atoms with Crippen molar-refractivity contribution in [3.05, 3.63) is 60.4 Å². The van der Waals surface area contributed by atoms with Gasteiger partial charge in [-0.2, -0.15) is 0 Å². The van der Waals surface area contributed by atoms with Crippen LogP contribution in [0.25, 0.3) is 11.4 Å². The molecule has 0 aliphatic rings. The lowest BCUT2D eigenvalue weighted by molar-refractivity contribution is -0.118. The molecule has 3 aromatic rings. The summed E-state index contributed by atoms with van der Waals surface area (Å²) in [6.07, 6.45) is 5.61. The fourth-order valence-electron chi connectivity index (χ4n) is 2.61. The first-order chi connectivity index (χ1) is 13.3. The van der Waals surface area contributed by atoms with Crippen molar-refractivity contribution in [1.82, 2.24) is 25.1 Å². The van der Waals surface area contributed by atoms with Crippen LogP contribution in [0.4, 0.5) is 0 Å². The zero-order valence-electron chi connectivity index (χ0n) is 15.3. The molecule has 0 radical (unpaired) electrons. The van der Waals surface area contributed by atoms with Crippen LogP contribution in [-0.2, 0) is 17.9 Å². The molecule has 27 heavy (non-hydrogen) atoms. The summed E-state index contributed by atoms with van der Waals surface area (Å²) in [5, 5.41) is 12.4. The highest BCUT2D eigenvalue weighted by atomic mass is 32.2. The first-order valence-corrected chi connectivity index (χ1v) is 10.0. The Balaban J connectivity index is 1.63. The molecule has 2 heterocycles. The van der Waals surface area contributed by atoms with E-state index < -0.39 is 0 Å². The molecular formula is C20H23N5OS. The van der Waals surface area contributed by atoms with Gasteiger partial charge >= 0.3 is 0 Å². The highest BCUT2D eigenvalue weighted by molar-refractivity contribution is 7.99. The van der Waals surface area contributed by atoms with Crippen molar-refractivity contribution < 1.29 is 4.79 Å². The fraction of sp³-hybridized carbons (Fsp3) is 0.300. The molecule has 2 aromatic heterocycles. The maximum atomic E-state index is 12.2. The maximum Gasteiger partial charge on any atom is 0.230 e. The molecule has 3 rings (SSSR count). The lowest BCUT2D eigenvalue weighted by Gasteiger charge is -2.10. The molecular weight excluding hydrogens is 358 g/mol. The predicted octanol–water partition coefficient (Wildman–Crippen LogP) is 3.55. The molecule has 0 bridgehead atoms. The summed E-state index contributed by atoms with van der Waals surface area (Å²) in [5.41, 5.74) is 2.07. The number of unbranched alkanes of at least 4 members (excludes halogenated alkanes) is 1. The van der Waals surface area contributed by atoms with Gasteiger partial charge in [0.05, 0.1) is 5.75 Å². The predicted molar refractivity (Wildman–Crippen MR) is 107 cm³/mol. The SMILES string of the molecule is CCCCn1c(SCC(=O)NCc2ccccc2)nnc1-c1ccncc1. The minimum absolute atomic E-state index is 0.0145. The second-order valence-electron chi connectivity index (χ2n) is 6.10. The minimum atomic E-state index is -0.0145. The van der Waals surface area contributed by atoms with Gasteiger partial charge in [-0.3, -0.25) is 9.78 Å². The highest BCUT2D eigenvalue weighted by Gasteiger charge is 2.15. The summed E-state index contributed by atoms with van der Waals surface area (Å²) in [7, 11) is 0. The molecule has 0 unspecified atom stereocenters. The fourth-order valence-corrected chi connectivity index (χ4v) is 3.40. The monoisotopic (exact) mass is 381 g/mol. The first-order valence-electron chi connectivity index (χ1n) is 9.05. The summed E-state index contributed by atoms with van der Waals surface area (Å²) in [5.74, 6) is 1.12. The second-order valence-corrected chi connectivity index (χ2v) is 7.04. The van der Waals surface area contributed by atoms with Gasteiger partial charge in [-0.15, -0.1) is 10.2 Å². The molecule has 0 fully saturated rings. The van der Waals surface area contributed by atoms with Gasteiger partial charge in [-0.1, -0.05) is 55.4 Å². The quantitative estimate of drug-likeness (QED) is 0.574. The molecule has 0 atom stereocenters. The van der Waals surface area contributed by atoms with Crippen LogP contribution in [0.2, 0.25) is 0 Å². The lowest BCUT2D eigenvalue weighted by Crippen LogP contribution is -2.24. The summed E-state index contributed by atoms with van der Waals surface area (Å²) in [6.45, 7) is 3.51. The van der Waals surface area contributed by atoms with Crippen LogP contribution < -0.4 is 5.32 Å². The van der Waals surface area contributed by atoms with Crippen molar-refractivity contribution in [3.8, 4) is 11.4 Å². The summed E-state index contributed by atoms with van der Waals surface area (Å²) in [4.78, 5) is 16.3. The van der Waals surface area contributed by atoms with Crippen molar-refractivity contribution in [2.75, 3.05) is 5.75 Å². The van der Waals surface area contributed by atoms with Gasteiger partial charge in [0.15, 0.2) is 11.0 Å². The molecule has 0 spiro atoms. The van der Waals surface area contributed by atoms with E-state index in [1.54, 1.807) is 12.4 Å². The number of carbonyl (C=O) groups excluding carboxylic acids is 1. The number of carbonyl (C=O) groups is 1. The van der Waals surface area contributed by atoms with E-state index in [9.17, 15) is 4.79 Å². The van der Waals surface area contributed by atoms with Gasteiger partial charge < -0.3 is 9.88 Å². The van der Waals surface area contributed by atoms with Crippen LogP contribution >= 0.6 is 11.8 Å². The Labute approximate surface area is 163 Å². The third-order valence-electron chi connectivity index (χ3n) is 4.06. The number of nitrogens with one attached hydrogen (secondary N) is 1. The van der Waals surface area contributed by atoms with Gasteiger partial charge in [0.1, 0.15) is 0 Å². The standard InChI is InChI=1S/C20H23N5OS/c1-2-3-13-25-19(17-9-11-21-12-10-17)23-24-20(25)27-15-18(26)22-14-16-7-5-4-6-8-16/h4-12H,2-3,13-15H2,1H3,(H,22,26). The lowest BCUT2D eigenvalue weighted by atomic mass is 10.2. The van der Waals surface area contributed by atoms with Crippen molar-refractivity contribution in [1.29, 1.82) is 0 Å². The van der Waals surface area contributed by atoms with Crippen LogP contribution in [0.1, 0.15) is 25.3 Å². The molecule has 1 amide bonds. The third-order valence-corrected chi connectivity index (χ3v) is 5.02. The van der Waals surface area contributed by atoms with E-state index in [0.717, 1.165) is 41.5 Å². The van der Waals surface area contributed by atoms with Gasteiger partial charge in [-0.05, 0) is 24.1 Å². The van der Waals surface area contributed by atoms with Crippen LogP contribution in [-0.4, -0.2) is 31.4 Å². The van der Waals surface area contributed by atoms with Crippen LogP contribution in [0, 0.1) is 0 Å². The van der Waals surface area contributed by atoms with E-state index in [-0.39, 0.29) is 5.91 Å². The van der Waals surface area contributed by atoms with E-state index in [4.69, 9.17) is 0 Å². The van der Waals surface area contributed by atoms with Crippen molar-refractivity contribution in [2.24, 2.45) is 0 Å². The second kappa shape index (κ2) is 9.87. The molecule has 140 valence electrons. The normalized spacial score (nSPS) is 10.7. The van der Waals surface area contributed by atoms with E-state index >= 15 is 0 Å². The molecule has 0 aliphatic carbocycles. The number of pyridine rings is 1. The Morgan fingerprint density at radius 2 is 1.89 bits per heavy atom. The van der Waals surface area contributed by atoms with Crippen LogP contribution in [0.5, 0.6) is 0 Å². The van der Waals surface area contributed by atoms with Crippen LogP contribution in [0.15, 0.2) is 60.0 Å². The largest absolute Gasteiger partial charge is 0.351 e. The maximum absolute atomic E-state index is 12.2. The summed E-state index contributed by atoms with van der Waals surface area (Å²) < 4.78 is 2.09. The Morgan fingerprint density at radius 1 is 1.11 bits per heavy atom. The number of hydrogen-bond donors (Lipinski definition) is 1. The Hall–Kier alpha value is -2.67. The van der Waals surface area contributed by atoms with E-state index in [1.165, 1.54) is 11.8 Å². The Morgan fingerprint density at radius 3 is 2.63 bits per heavy atom. The van der Waals surface area contributed by atoms with E-state index in [2.05, 4.69) is 32.0 Å². The molecule has 7 heteroatoms. The highest BCUT2D eigenvalue weighted by Crippen LogP contribution is 2.24. The zero-order chi connectivity index (χ0) is 18.9. The minimum Gasteiger partial charge on any atom is -0.351 e. The van der Waals surface area contributed by atoms with E-state index in [0.29, 0.717) is 12.3 Å². The van der Waals surface area contributed by atoms with Crippen molar-refractivity contribution in [2.45, 2.75) is 38.0 Å². The van der Waals surface area contributed by atoms with Crippen molar-refractivity contribution >= 4 is 17.7 Å². The topological polar surface area (TPSA) is 72.7 Å². The number of rotatable bonds is 9. The number of hydrogen-bond acceptors (Lipinski definition) is 5. The smallest absolute Gasteiger partial charge is 0.230 e. The van der Waals surface area contributed by atoms with Gasteiger partial charge in [0.2, 0.25) is 5.91 Å². The first kappa shape index (κ1) is 19.1. The Kier molecular flexibility index (Phi) is 6.98. The number of nitrogens with zero attached hydrogens (tertiary/aromatic N) is 4. The van der Waals surface area contributed by atoms with Gasteiger partial charge in [-0.25, -0.2) is 0 Å². The average Bonchev–Trinajstić information content (AvgIpc) is 3.13. The van der Waals surface area contributed by atoms with Crippen molar-refractivity contribution in [3.63, 3.8) is 0 Å². The molecule has 1 aromatic carbocycles. The van der Waals surface area contributed by atoms with Gasteiger partial charge in [0.25, 0.3) is 0 Å². The molecule has 0 saturated heterocycles. The molecule has 0 aliphatic heterocycles. The summed E-state index contributed by atoms with van der Waals surface area (Å²) >= 11 is 1.42. The molecule has 6 nitrogen and oxygen atoms in total. The average molecular weight is 382 g/mol. The Bertz CT molecular complexity index is 851. The number of thioether (sulfide) groups is 1.